The Hall–Kier alpha value is -0.870. The SMILES string of the molecule is NCC1(c2nc(C3CCOC3)co2)CCC1. The number of ether oxygens (including phenoxy) is 1. The molecule has 1 aromatic rings. The molecule has 0 amide bonds. The van der Waals surface area contributed by atoms with Gasteiger partial charge in [-0.2, -0.15) is 0 Å². The lowest BCUT2D eigenvalue weighted by atomic mass is 9.69. The minimum absolute atomic E-state index is 0.0394. The van der Waals surface area contributed by atoms with Gasteiger partial charge in [0, 0.05) is 19.1 Å². The van der Waals surface area contributed by atoms with Crippen LogP contribution in [0, 0.1) is 0 Å². The van der Waals surface area contributed by atoms with Crippen LogP contribution >= 0.6 is 0 Å². The smallest absolute Gasteiger partial charge is 0.201 e. The quantitative estimate of drug-likeness (QED) is 0.843. The fourth-order valence-electron chi connectivity index (χ4n) is 2.59. The Balaban J connectivity index is 1.81. The topological polar surface area (TPSA) is 61.3 Å². The van der Waals surface area contributed by atoms with Crippen LogP contribution in [-0.2, 0) is 10.2 Å². The van der Waals surface area contributed by atoms with Gasteiger partial charge in [-0.1, -0.05) is 6.42 Å². The van der Waals surface area contributed by atoms with Crippen molar-refractivity contribution in [2.45, 2.75) is 37.0 Å². The number of nitrogens with zero attached hydrogens (tertiary/aromatic N) is 1. The van der Waals surface area contributed by atoms with Crippen LogP contribution in [0.4, 0.5) is 0 Å². The van der Waals surface area contributed by atoms with Gasteiger partial charge in [-0.3, -0.25) is 0 Å². The van der Waals surface area contributed by atoms with Crippen molar-refractivity contribution < 1.29 is 9.15 Å². The second-order valence-electron chi connectivity index (χ2n) is 4.98. The molecule has 2 fully saturated rings. The van der Waals surface area contributed by atoms with E-state index >= 15 is 0 Å². The molecule has 4 heteroatoms. The first-order valence-corrected chi connectivity index (χ1v) is 6.08. The summed E-state index contributed by atoms with van der Waals surface area (Å²) in [6.45, 7) is 2.27. The molecule has 1 aliphatic heterocycles. The highest BCUT2D eigenvalue weighted by atomic mass is 16.5. The van der Waals surface area contributed by atoms with E-state index in [2.05, 4.69) is 4.98 Å². The third-order valence-corrected chi connectivity index (χ3v) is 4.02. The summed E-state index contributed by atoms with van der Waals surface area (Å²) in [5.74, 6) is 1.27. The number of rotatable bonds is 3. The van der Waals surface area contributed by atoms with E-state index < -0.39 is 0 Å². The Bertz CT molecular complexity index is 359. The standard InChI is InChI=1S/C12H18N2O2/c13-8-12(3-1-4-12)11-14-10(7-16-11)9-2-5-15-6-9/h7,9H,1-6,8,13H2. The molecule has 0 spiro atoms. The summed E-state index contributed by atoms with van der Waals surface area (Å²) < 4.78 is 11.0. The number of hydrogen-bond donors (Lipinski definition) is 1. The molecule has 0 radical (unpaired) electrons. The zero-order valence-electron chi connectivity index (χ0n) is 9.45. The fourth-order valence-corrected chi connectivity index (χ4v) is 2.59. The van der Waals surface area contributed by atoms with Gasteiger partial charge in [-0.05, 0) is 19.3 Å². The predicted octanol–water partition coefficient (Wildman–Crippen LogP) is 1.56. The van der Waals surface area contributed by atoms with Crippen LogP contribution in [0.15, 0.2) is 10.7 Å². The van der Waals surface area contributed by atoms with Crippen LogP contribution in [-0.4, -0.2) is 24.7 Å². The van der Waals surface area contributed by atoms with Crippen LogP contribution in [0.5, 0.6) is 0 Å². The van der Waals surface area contributed by atoms with E-state index in [9.17, 15) is 0 Å². The Labute approximate surface area is 95.2 Å². The number of oxazole rings is 1. The molecule has 88 valence electrons. The molecule has 1 saturated carbocycles. The molecule has 16 heavy (non-hydrogen) atoms. The Morgan fingerprint density at radius 1 is 1.50 bits per heavy atom. The summed E-state index contributed by atoms with van der Waals surface area (Å²) in [5, 5.41) is 0. The van der Waals surface area contributed by atoms with Gasteiger partial charge < -0.3 is 14.9 Å². The van der Waals surface area contributed by atoms with Crippen LogP contribution in [0.3, 0.4) is 0 Å². The predicted molar refractivity (Wildman–Crippen MR) is 59.3 cm³/mol. The lowest BCUT2D eigenvalue weighted by Gasteiger charge is -2.37. The first kappa shape index (κ1) is 10.3. The maximum atomic E-state index is 5.84. The third kappa shape index (κ3) is 1.48. The molecule has 2 heterocycles. The molecule has 2 N–H and O–H groups in total. The number of hydrogen-bond acceptors (Lipinski definition) is 4. The van der Waals surface area contributed by atoms with E-state index in [1.54, 1.807) is 6.26 Å². The van der Waals surface area contributed by atoms with E-state index in [1.165, 1.54) is 6.42 Å². The average Bonchev–Trinajstić information content (AvgIpc) is 2.86. The molecular formula is C12H18N2O2. The molecule has 1 atom stereocenters. The van der Waals surface area contributed by atoms with E-state index in [0.717, 1.165) is 44.1 Å². The number of nitrogens with two attached hydrogens (primary N) is 1. The van der Waals surface area contributed by atoms with Crippen molar-refractivity contribution in [1.82, 2.24) is 4.98 Å². The molecule has 0 bridgehead atoms. The summed E-state index contributed by atoms with van der Waals surface area (Å²) in [5.41, 5.74) is 6.93. The second kappa shape index (κ2) is 3.86. The van der Waals surface area contributed by atoms with Gasteiger partial charge in [0.1, 0.15) is 6.26 Å². The highest BCUT2D eigenvalue weighted by molar-refractivity contribution is 5.16. The van der Waals surface area contributed by atoms with Crippen LogP contribution in [0.2, 0.25) is 0 Å². The zero-order valence-corrected chi connectivity index (χ0v) is 9.45. The largest absolute Gasteiger partial charge is 0.448 e. The van der Waals surface area contributed by atoms with Crippen molar-refractivity contribution in [1.29, 1.82) is 0 Å². The zero-order chi connectivity index (χ0) is 11.0. The van der Waals surface area contributed by atoms with Crippen molar-refractivity contribution in [3.63, 3.8) is 0 Å². The molecule has 0 aromatic carbocycles. The van der Waals surface area contributed by atoms with Crippen molar-refractivity contribution in [3.8, 4) is 0 Å². The van der Waals surface area contributed by atoms with Crippen LogP contribution in [0.1, 0.15) is 43.2 Å². The van der Waals surface area contributed by atoms with Gasteiger partial charge in [-0.15, -0.1) is 0 Å². The lowest BCUT2D eigenvalue weighted by molar-refractivity contribution is 0.193. The molecule has 1 aliphatic carbocycles. The molecule has 1 unspecified atom stereocenters. The van der Waals surface area contributed by atoms with E-state index in [-0.39, 0.29) is 5.41 Å². The van der Waals surface area contributed by atoms with Gasteiger partial charge >= 0.3 is 0 Å². The highest BCUT2D eigenvalue weighted by Crippen LogP contribution is 2.42. The van der Waals surface area contributed by atoms with E-state index in [0.29, 0.717) is 12.5 Å². The van der Waals surface area contributed by atoms with Gasteiger partial charge in [0.05, 0.1) is 17.7 Å². The number of aromatic nitrogens is 1. The molecule has 3 rings (SSSR count). The molecule has 1 saturated heterocycles. The second-order valence-corrected chi connectivity index (χ2v) is 4.98. The average molecular weight is 222 g/mol. The highest BCUT2D eigenvalue weighted by Gasteiger charge is 2.42. The van der Waals surface area contributed by atoms with Crippen molar-refractivity contribution in [3.05, 3.63) is 17.8 Å². The molecule has 1 aromatic heterocycles. The van der Waals surface area contributed by atoms with Gasteiger partial charge in [-0.25, -0.2) is 4.98 Å². The Morgan fingerprint density at radius 2 is 2.38 bits per heavy atom. The Morgan fingerprint density at radius 3 is 2.94 bits per heavy atom. The minimum atomic E-state index is 0.0394. The first-order valence-electron chi connectivity index (χ1n) is 6.08. The molecule has 2 aliphatic rings. The summed E-state index contributed by atoms with van der Waals surface area (Å²) in [7, 11) is 0. The maximum Gasteiger partial charge on any atom is 0.201 e. The van der Waals surface area contributed by atoms with Gasteiger partial charge in [0.15, 0.2) is 0 Å². The normalized spacial score (nSPS) is 27.9. The minimum Gasteiger partial charge on any atom is -0.448 e. The van der Waals surface area contributed by atoms with E-state index in [4.69, 9.17) is 14.9 Å². The molecular weight excluding hydrogens is 204 g/mol. The van der Waals surface area contributed by atoms with Crippen molar-refractivity contribution >= 4 is 0 Å². The molecule has 4 nitrogen and oxygen atoms in total. The van der Waals surface area contributed by atoms with Crippen LogP contribution in [0.25, 0.3) is 0 Å². The van der Waals surface area contributed by atoms with E-state index in [1.807, 2.05) is 0 Å². The summed E-state index contributed by atoms with van der Waals surface area (Å²) >= 11 is 0. The van der Waals surface area contributed by atoms with Crippen molar-refractivity contribution in [2.75, 3.05) is 19.8 Å². The third-order valence-electron chi connectivity index (χ3n) is 4.02. The van der Waals surface area contributed by atoms with Crippen molar-refractivity contribution in [2.24, 2.45) is 5.73 Å². The Kier molecular flexibility index (Phi) is 2.48. The summed E-state index contributed by atoms with van der Waals surface area (Å²) in [4.78, 5) is 4.63. The maximum absolute atomic E-state index is 5.84. The monoisotopic (exact) mass is 222 g/mol. The first-order chi connectivity index (χ1) is 7.84. The van der Waals surface area contributed by atoms with Gasteiger partial charge in [0.25, 0.3) is 0 Å². The summed E-state index contributed by atoms with van der Waals surface area (Å²) in [6, 6.07) is 0. The lowest BCUT2D eigenvalue weighted by Crippen LogP contribution is -2.41. The van der Waals surface area contributed by atoms with Crippen LogP contribution < -0.4 is 5.73 Å². The fraction of sp³-hybridized carbons (Fsp3) is 0.750. The van der Waals surface area contributed by atoms with Gasteiger partial charge in [0.2, 0.25) is 5.89 Å². The summed E-state index contributed by atoms with van der Waals surface area (Å²) in [6.07, 6.45) is 6.32.